The van der Waals surface area contributed by atoms with E-state index in [1.54, 1.807) is 10.4 Å². The van der Waals surface area contributed by atoms with Crippen molar-refractivity contribution in [1.82, 2.24) is 5.32 Å². The maximum atomic E-state index is 3.78. The maximum Gasteiger partial charge on any atom is 0.0334 e. The molecule has 3 rings (SSSR count). The first-order chi connectivity index (χ1) is 6.93. The number of thioether (sulfide) groups is 1. The van der Waals surface area contributed by atoms with Gasteiger partial charge in [-0.25, -0.2) is 0 Å². The zero-order valence-corrected chi connectivity index (χ0v) is 9.79. The molecule has 1 saturated heterocycles. The number of nitrogens with one attached hydrogen (secondary N) is 1. The molecule has 0 aromatic carbocycles. The summed E-state index contributed by atoms with van der Waals surface area (Å²) in [6.45, 7) is 0. The highest BCUT2D eigenvalue weighted by atomic mass is 32.2. The van der Waals surface area contributed by atoms with Crippen molar-refractivity contribution in [2.75, 3.05) is 11.5 Å². The normalized spacial score (nSPS) is 27.0. The second-order valence-corrected chi connectivity index (χ2v) is 6.22. The Bertz CT molecular complexity index is 317. The molecule has 0 bridgehead atoms. The van der Waals surface area contributed by atoms with E-state index in [4.69, 9.17) is 0 Å². The lowest BCUT2D eigenvalue weighted by Gasteiger charge is -2.33. The van der Waals surface area contributed by atoms with Crippen LogP contribution in [0.1, 0.15) is 29.3 Å². The van der Waals surface area contributed by atoms with E-state index in [1.165, 1.54) is 30.8 Å². The molecular weight excluding hydrogens is 210 g/mol. The fraction of sp³-hybridized carbons (Fsp3) is 0.636. The summed E-state index contributed by atoms with van der Waals surface area (Å²) in [4.78, 5) is 1.63. The van der Waals surface area contributed by atoms with Crippen molar-refractivity contribution >= 4 is 23.1 Å². The Kier molecular flexibility index (Phi) is 2.56. The van der Waals surface area contributed by atoms with Gasteiger partial charge in [-0.2, -0.15) is 11.8 Å². The number of hydrogen-bond acceptors (Lipinski definition) is 3. The van der Waals surface area contributed by atoms with Crippen molar-refractivity contribution in [2.24, 2.45) is 0 Å². The third kappa shape index (κ3) is 1.62. The minimum atomic E-state index is 0.663. The molecule has 1 aromatic rings. The molecule has 1 aliphatic carbocycles. The van der Waals surface area contributed by atoms with Crippen LogP contribution in [0.2, 0.25) is 0 Å². The van der Waals surface area contributed by atoms with E-state index in [9.17, 15) is 0 Å². The van der Waals surface area contributed by atoms with Crippen LogP contribution in [0.15, 0.2) is 11.4 Å². The molecule has 76 valence electrons. The minimum Gasteiger partial charge on any atom is -0.305 e. The van der Waals surface area contributed by atoms with E-state index >= 15 is 0 Å². The molecule has 0 saturated carbocycles. The molecule has 2 aliphatic rings. The Hall–Kier alpha value is 0.01000. The van der Waals surface area contributed by atoms with Crippen LogP contribution >= 0.6 is 23.1 Å². The molecule has 1 atom stereocenters. The molecule has 3 heteroatoms. The second kappa shape index (κ2) is 3.87. The maximum absolute atomic E-state index is 3.78. The summed E-state index contributed by atoms with van der Waals surface area (Å²) in [5.74, 6) is 2.63. The lowest BCUT2D eigenvalue weighted by molar-refractivity contribution is 0.424. The Labute approximate surface area is 93.3 Å². The minimum absolute atomic E-state index is 0.663. The first kappa shape index (κ1) is 9.25. The molecule has 1 nitrogen and oxygen atoms in total. The van der Waals surface area contributed by atoms with Crippen molar-refractivity contribution in [3.05, 3.63) is 21.9 Å². The number of thiophene rings is 1. The smallest absolute Gasteiger partial charge is 0.0334 e. The fourth-order valence-electron chi connectivity index (χ4n) is 2.28. The van der Waals surface area contributed by atoms with Crippen LogP contribution in [0.25, 0.3) is 0 Å². The van der Waals surface area contributed by atoms with Crippen LogP contribution in [0.3, 0.4) is 0 Å². The van der Waals surface area contributed by atoms with Crippen LogP contribution in [-0.2, 0) is 6.42 Å². The number of aryl methyl sites for hydroxylation is 1. The van der Waals surface area contributed by atoms with Gasteiger partial charge in [0, 0.05) is 28.5 Å². The zero-order chi connectivity index (χ0) is 9.38. The Balaban J connectivity index is 1.74. The third-order valence-corrected chi connectivity index (χ3v) is 5.40. The van der Waals surface area contributed by atoms with E-state index in [0.29, 0.717) is 6.04 Å². The summed E-state index contributed by atoms with van der Waals surface area (Å²) in [6, 6.07) is 3.77. The molecule has 0 radical (unpaired) electrons. The van der Waals surface area contributed by atoms with Crippen LogP contribution < -0.4 is 5.32 Å². The standard InChI is InChI=1S/C11H15NS2/c1-2-10(12-8-6-13-7-8)9-4-5-14-11(9)3-1/h4-5,8,10,12H,1-3,6-7H2. The van der Waals surface area contributed by atoms with Crippen molar-refractivity contribution in [2.45, 2.75) is 31.3 Å². The SMILES string of the molecule is c1cc2c(s1)CCCC2NC1CSC1. The first-order valence-corrected chi connectivity index (χ1v) is 7.37. The summed E-state index contributed by atoms with van der Waals surface area (Å²) in [5.41, 5.74) is 1.60. The molecule has 1 unspecified atom stereocenters. The van der Waals surface area contributed by atoms with E-state index in [1.807, 2.05) is 11.3 Å². The summed E-state index contributed by atoms with van der Waals surface area (Å²) >= 11 is 3.99. The van der Waals surface area contributed by atoms with Crippen LogP contribution in [0.4, 0.5) is 0 Å². The summed E-state index contributed by atoms with van der Waals surface area (Å²) < 4.78 is 0. The quantitative estimate of drug-likeness (QED) is 0.830. The third-order valence-electron chi connectivity index (χ3n) is 3.13. The van der Waals surface area contributed by atoms with Gasteiger partial charge in [0.25, 0.3) is 0 Å². The van der Waals surface area contributed by atoms with Gasteiger partial charge < -0.3 is 5.32 Å². The Morgan fingerprint density at radius 3 is 3.07 bits per heavy atom. The highest BCUT2D eigenvalue weighted by Crippen LogP contribution is 2.34. The lowest BCUT2D eigenvalue weighted by Crippen LogP contribution is -2.43. The van der Waals surface area contributed by atoms with E-state index < -0.39 is 0 Å². The topological polar surface area (TPSA) is 12.0 Å². The molecule has 2 heterocycles. The van der Waals surface area contributed by atoms with Gasteiger partial charge in [0.15, 0.2) is 0 Å². The Morgan fingerprint density at radius 1 is 1.36 bits per heavy atom. The van der Waals surface area contributed by atoms with Crippen LogP contribution in [-0.4, -0.2) is 17.5 Å². The largest absolute Gasteiger partial charge is 0.305 e. The monoisotopic (exact) mass is 225 g/mol. The molecule has 0 amide bonds. The second-order valence-electron chi connectivity index (χ2n) is 4.14. The highest BCUT2D eigenvalue weighted by molar-refractivity contribution is 8.00. The average molecular weight is 225 g/mol. The van der Waals surface area contributed by atoms with Gasteiger partial charge in [-0.1, -0.05) is 0 Å². The zero-order valence-electron chi connectivity index (χ0n) is 8.16. The van der Waals surface area contributed by atoms with Gasteiger partial charge >= 0.3 is 0 Å². The average Bonchev–Trinajstić information content (AvgIpc) is 2.59. The van der Waals surface area contributed by atoms with E-state index in [0.717, 1.165) is 6.04 Å². The molecular formula is C11H15NS2. The molecule has 1 N–H and O–H groups in total. The lowest BCUT2D eigenvalue weighted by atomic mass is 9.93. The van der Waals surface area contributed by atoms with Crippen molar-refractivity contribution in [3.8, 4) is 0 Å². The van der Waals surface area contributed by atoms with E-state index in [-0.39, 0.29) is 0 Å². The van der Waals surface area contributed by atoms with Crippen molar-refractivity contribution < 1.29 is 0 Å². The van der Waals surface area contributed by atoms with Gasteiger partial charge in [-0.15, -0.1) is 11.3 Å². The summed E-state index contributed by atoms with van der Waals surface area (Å²) in [6.07, 6.45) is 4.01. The van der Waals surface area contributed by atoms with Crippen molar-refractivity contribution in [3.63, 3.8) is 0 Å². The molecule has 0 spiro atoms. The van der Waals surface area contributed by atoms with Gasteiger partial charge in [-0.05, 0) is 36.3 Å². The fourth-order valence-corrected chi connectivity index (χ4v) is 3.93. The Morgan fingerprint density at radius 2 is 2.29 bits per heavy atom. The predicted octanol–water partition coefficient (Wildman–Crippen LogP) is 2.83. The molecule has 1 aliphatic heterocycles. The summed E-state index contributed by atoms with van der Waals surface area (Å²) in [7, 11) is 0. The van der Waals surface area contributed by atoms with Gasteiger partial charge in [-0.3, -0.25) is 0 Å². The van der Waals surface area contributed by atoms with E-state index in [2.05, 4.69) is 28.5 Å². The van der Waals surface area contributed by atoms with Gasteiger partial charge in [0.2, 0.25) is 0 Å². The molecule has 1 aromatic heterocycles. The van der Waals surface area contributed by atoms with Gasteiger partial charge in [0.1, 0.15) is 0 Å². The molecule has 14 heavy (non-hydrogen) atoms. The highest BCUT2D eigenvalue weighted by Gasteiger charge is 2.26. The number of rotatable bonds is 2. The number of hydrogen-bond donors (Lipinski definition) is 1. The summed E-state index contributed by atoms with van der Waals surface area (Å²) in [5, 5.41) is 6.03. The van der Waals surface area contributed by atoms with Crippen LogP contribution in [0, 0.1) is 0 Å². The van der Waals surface area contributed by atoms with Gasteiger partial charge in [0.05, 0.1) is 0 Å². The number of fused-ring (bicyclic) bond motifs is 1. The van der Waals surface area contributed by atoms with Crippen LogP contribution in [0.5, 0.6) is 0 Å². The molecule has 1 fully saturated rings. The van der Waals surface area contributed by atoms with Crippen molar-refractivity contribution in [1.29, 1.82) is 0 Å². The predicted molar refractivity (Wildman–Crippen MR) is 64.2 cm³/mol. The first-order valence-electron chi connectivity index (χ1n) is 5.33.